The number of aryl methyl sites for hydroxylation is 2. The average Bonchev–Trinajstić information content (AvgIpc) is 2.80. The molecule has 1 unspecified atom stereocenters. The van der Waals surface area contributed by atoms with Crippen LogP contribution in [0.5, 0.6) is 0 Å². The molecule has 0 bridgehead atoms. The van der Waals surface area contributed by atoms with Gasteiger partial charge in [-0.15, -0.1) is 0 Å². The summed E-state index contributed by atoms with van der Waals surface area (Å²) in [6.07, 6.45) is 1.15. The highest BCUT2D eigenvalue weighted by Gasteiger charge is 2.26. The van der Waals surface area contributed by atoms with Crippen LogP contribution in [0.3, 0.4) is 0 Å². The Morgan fingerprint density at radius 2 is 1.75 bits per heavy atom. The Balaban J connectivity index is 2.09. The lowest BCUT2D eigenvalue weighted by Gasteiger charge is -2.33. The molecule has 2 aromatic rings. The lowest BCUT2D eigenvalue weighted by atomic mass is 9.92. The van der Waals surface area contributed by atoms with E-state index >= 15 is 0 Å². The second kappa shape index (κ2) is 7.88. The third-order valence-corrected chi connectivity index (χ3v) is 5.28. The maximum Gasteiger partial charge on any atom is 0.0619 e. The van der Waals surface area contributed by atoms with Gasteiger partial charge in [0, 0.05) is 29.7 Å². The topological polar surface area (TPSA) is 15.3 Å². The molecule has 2 nitrogen and oxygen atoms in total. The van der Waals surface area contributed by atoms with E-state index in [1.54, 1.807) is 0 Å². The van der Waals surface area contributed by atoms with Crippen molar-refractivity contribution in [2.75, 3.05) is 26.2 Å². The third-order valence-electron chi connectivity index (χ3n) is 4.72. The van der Waals surface area contributed by atoms with Gasteiger partial charge < -0.3 is 5.32 Å². The highest BCUT2D eigenvalue weighted by atomic mass is 35.5. The molecule has 0 spiro atoms. The first-order valence-electron chi connectivity index (χ1n) is 8.53. The molecule has 2 aromatic carbocycles. The number of benzene rings is 2. The van der Waals surface area contributed by atoms with Crippen molar-refractivity contribution < 1.29 is 0 Å². The van der Waals surface area contributed by atoms with Crippen LogP contribution in [-0.2, 0) is 0 Å². The van der Waals surface area contributed by atoms with E-state index < -0.39 is 0 Å². The summed E-state index contributed by atoms with van der Waals surface area (Å²) in [4.78, 5) is 2.53. The Morgan fingerprint density at radius 1 is 0.958 bits per heavy atom. The smallest absolute Gasteiger partial charge is 0.0619 e. The summed E-state index contributed by atoms with van der Waals surface area (Å²) in [5.41, 5.74) is 5.06. The number of hydrogen-bond donors (Lipinski definition) is 1. The number of nitrogens with one attached hydrogen (secondary N) is 1. The van der Waals surface area contributed by atoms with Crippen molar-refractivity contribution in [1.29, 1.82) is 0 Å². The van der Waals surface area contributed by atoms with E-state index in [9.17, 15) is 0 Å². The fourth-order valence-corrected chi connectivity index (χ4v) is 4.05. The van der Waals surface area contributed by atoms with Gasteiger partial charge in [-0.2, -0.15) is 0 Å². The van der Waals surface area contributed by atoms with E-state index in [2.05, 4.69) is 48.3 Å². The van der Waals surface area contributed by atoms with Crippen LogP contribution in [0.2, 0.25) is 10.0 Å². The van der Waals surface area contributed by atoms with Crippen LogP contribution < -0.4 is 5.32 Å². The maximum absolute atomic E-state index is 6.59. The zero-order valence-electron chi connectivity index (χ0n) is 14.3. The summed E-state index contributed by atoms with van der Waals surface area (Å²) in [6.45, 7) is 8.48. The summed E-state index contributed by atoms with van der Waals surface area (Å²) in [7, 11) is 0. The largest absolute Gasteiger partial charge is 0.315 e. The number of hydrogen-bond acceptors (Lipinski definition) is 2. The molecule has 128 valence electrons. The molecule has 1 N–H and O–H groups in total. The Hall–Kier alpha value is -1.06. The van der Waals surface area contributed by atoms with Crippen LogP contribution in [0.15, 0.2) is 36.4 Å². The first-order valence-corrected chi connectivity index (χ1v) is 9.29. The summed E-state index contributed by atoms with van der Waals surface area (Å²) in [6, 6.07) is 12.7. The van der Waals surface area contributed by atoms with E-state index in [-0.39, 0.29) is 6.04 Å². The molecule has 0 saturated carbocycles. The van der Waals surface area contributed by atoms with E-state index in [4.69, 9.17) is 23.2 Å². The zero-order chi connectivity index (χ0) is 17.1. The van der Waals surface area contributed by atoms with Gasteiger partial charge in [-0.05, 0) is 55.6 Å². The van der Waals surface area contributed by atoms with E-state index in [0.29, 0.717) is 5.02 Å². The predicted octanol–water partition coefficient (Wildman–Crippen LogP) is 4.99. The normalized spacial score (nSPS) is 17.5. The van der Waals surface area contributed by atoms with Gasteiger partial charge in [0.2, 0.25) is 0 Å². The second-order valence-corrected chi connectivity index (χ2v) is 7.41. The van der Waals surface area contributed by atoms with Crippen LogP contribution in [0, 0.1) is 13.8 Å². The van der Waals surface area contributed by atoms with Gasteiger partial charge in [0.1, 0.15) is 0 Å². The molecule has 1 aliphatic rings. The summed E-state index contributed by atoms with van der Waals surface area (Å²) >= 11 is 12.7. The number of nitrogens with zero attached hydrogens (tertiary/aromatic N) is 1. The van der Waals surface area contributed by atoms with Crippen molar-refractivity contribution in [3.05, 3.63) is 68.7 Å². The Labute approximate surface area is 154 Å². The Morgan fingerprint density at radius 3 is 2.50 bits per heavy atom. The molecule has 4 heteroatoms. The van der Waals surface area contributed by atoms with Crippen molar-refractivity contribution in [1.82, 2.24) is 10.2 Å². The van der Waals surface area contributed by atoms with Crippen LogP contribution in [0.1, 0.15) is 34.7 Å². The SMILES string of the molecule is Cc1ccc(C(c2ccc(Cl)cc2Cl)N2CCCNCC2)c(C)c1. The molecule has 1 fully saturated rings. The average molecular weight is 363 g/mol. The van der Waals surface area contributed by atoms with Crippen LogP contribution in [-0.4, -0.2) is 31.1 Å². The predicted molar refractivity (Wildman–Crippen MR) is 103 cm³/mol. The van der Waals surface area contributed by atoms with Crippen LogP contribution in [0.4, 0.5) is 0 Å². The van der Waals surface area contributed by atoms with Gasteiger partial charge in [-0.1, -0.05) is 53.0 Å². The zero-order valence-corrected chi connectivity index (χ0v) is 15.8. The van der Waals surface area contributed by atoms with Crippen LogP contribution >= 0.6 is 23.2 Å². The number of halogens is 2. The monoisotopic (exact) mass is 362 g/mol. The van der Waals surface area contributed by atoms with Crippen LogP contribution in [0.25, 0.3) is 0 Å². The van der Waals surface area contributed by atoms with Crippen molar-refractivity contribution in [2.24, 2.45) is 0 Å². The molecule has 1 saturated heterocycles. The van der Waals surface area contributed by atoms with Gasteiger partial charge in [0.25, 0.3) is 0 Å². The van der Waals surface area contributed by atoms with Gasteiger partial charge >= 0.3 is 0 Å². The summed E-state index contributed by atoms with van der Waals surface area (Å²) in [5.74, 6) is 0. The minimum atomic E-state index is 0.162. The minimum Gasteiger partial charge on any atom is -0.315 e. The summed E-state index contributed by atoms with van der Waals surface area (Å²) < 4.78 is 0. The number of rotatable bonds is 3. The first kappa shape index (κ1) is 17.8. The van der Waals surface area contributed by atoms with E-state index in [1.807, 2.05) is 12.1 Å². The fraction of sp³-hybridized carbons (Fsp3) is 0.400. The standard InChI is InChI=1S/C20H24Cl2N2/c1-14-4-6-17(15(2)12-14)20(24-10-3-8-23-9-11-24)18-7-5-16(21)13-19(18)22/h4-7,12-13,20,23H,3,8-11H2,1-2H3. The molecular formula is C20H24Cl2N2. The second-order valence-electron chi connectivity index (χ2n) is 6.57. The van der Waals surface area contributed by atoms with Gasteiger partial charge in [-0.25, -0.2) is 0 Å². The van der Waals surface area contributed by atoms with Crippen molar-refractivity contribution in [2.45, 2.75) is 26.3 Å². The molecule has 0 aliphatic carbocycles. The highest BCUT2D eigenvalue weighted by molar-refractivity contribution is 6.35. The van der Waals surface area contributed by atoms with Crippen molar-refractivity contribution >= 4 is 23.2 Å². The molecule has 0 amide bonds. The lowest BCUT2D eigenvalue weighted by Crippen LogP contribution is -2.33. The maximum atomic E-state index is 6.59. The molecule has 24 heavy (non-hydrogen) atoms. The van der Waals surface area contributed by atoms with E-state index in [1.165, 1.54) is 16.7 Å². The molecular weight excluding hydrogens is 339 g/mol. The molecule has 1 atom stereocenters. The quantitative estimate of drug-likeness (QED) is 0.826. The van der Waals surface area contributed by atoms with Gasteiger partial charge in [0.05, 0.1) is 6.04 Å². The van der Waals surface area contributed by atoms with Gasteiger partial charge in [0.15, 0.2) is 0 Å². The summed E-state index contributed by atoms with van der Waals surface area (Å²) in [5, 5.41) is 4.91. The Kier molecular flexibility index (Phi) is 5.83. The first-order chi connectivity index (χ1) is 11.6. The minimum absolute atomic E-state index is 0.162. The van der Waals surface area contributed by atoms with Crippen molar-refractivity contribution in [3.63, 3.8) is 0 Å². The molecule has 0 aromatic heterocycles. The molecule has 0 radical (unpaired) electrons. The molecule has 3 rings (SSSR count). The third kappa shape index (κ3) is 3.94. The highest BCUT2D eigenvalue weighted by Crippen LogP contribution is 2.36. The molecule has 1 heterocycles. The van der Waals surface area contributed by atoms with Crippen molar-refractivity contribution in [3.8, 4) is 0 Å². The molecule has 1 aliphatic heterocycles. The lowest BCUT2D eigenvalue weighted by molar-refractivity contribution is 0.240. The fourth-order valence-electron chi connectivity index (χ4n) is 3.54. The van der Waals surface area contributed by atoms with Gasteiger partial charge in [-0.3, -0.25) is 4.90 Å². The Bertz CT molecular complexity index is 655. The van der Waals surface area contributed by atoms with E-state index in [0.717, 1.165) is 43.2 Å².